The van der Waals surface area contributed by atoms with E-state index in [1.807, 2.05) is 59.5 Å². The number of carbonyl (C=O) groups is 2. The summed E-state index contributed by atoms with van der Waals surface area (Å²) in [5.74, 6) is 0.0438. The molecule has 2 aromatic carbocycles. The van der Waals surface area contributed by atoms with Crippen molar-refractivity contribution in [1.29, 1.82) is 0 Å². The molecular weight excluding hydrogens is 376 g/mol. The number of hydrogen-bond donors (Lipinski definition) is 1. The van der Waals surface area contributed by atoms with Crippen LogP contribution in [0.1, 0.15) is 6.42 Å². The molecule has 0 unspecified atom stereocenters. The molecule has 0 aromatic heterocycles. The van der Waals surface area contributed by atoms with Crippen molar-refractivity contribution in [2.75, 3.05) is 42.5 Å². The van der Waals surface area contributed by atoms with Gasteiger partial charge in [0.2, 0.25) is 5.91 Å². The Morgan fingerprint density at radius 1 is 0.964 bits per heavy atom. The molecule has 1 atom stereocenters. The van der Waals surface area contributed by atoms with E-state index in [9.17, 15) is 9.59 Å². The highest BCUT2D eigenvalue weighted by molar-refractivity contribution is 6.30. The van der Waals surface area contributed by atoms with Crippen LogP contribution >= 0.6 is 11.6 Å². The molecule has 146 valence electrons. The maximum absolute atomic E-state index is 12.6. The zero-order chi connectivity index (χ0) is 19.5. The summed E-state index contributed by atoms with van der Waals surface area (Å²) in [6, 6.07) is 17.1. The lowest BCUT2D eigenvalue weighted by Gasteiger charge is -2.36. The van der Waals surface area contributed by atoms with Crippen LogP contribution in [-0.4, -0.2) is 55.6 Å². The Morgan fingerprint density at radius 2 is 1.68 bits per heavy atom. The van der Waals surface area contributed by atoms with Crippen LogP contribution in [-0.2, 0) is 4.79 Å². The summed E-state index contributed by atoms with van der Waals surface area (Å²) in [5.41, 5.74) is 1.95. The first-order valence-electron chi connectivity index (χ1n) is 9.51. The third kappa shape index (κ3) is 4.07. The number of amides is 3. The van der Waals surface area contributed by atoms with Crippen molar-refractivity contribution in [2.45, 2.75) is 12.5 Å². The summed E-state index contributed by atoms with van der Waals surface area (Å²) in [7, 11) is 0. The molecule has 1 N–H and O–H groups in total. The fourth-order valence-corrected chi connectivity index (χ4v) is 3.95. The molecule has 2 heterocycles. The molecule has 4 rings (SSSR count). The molecule has 2 aromatic rings. The van der Waals surface area contributed by atoms with Crippen molar-refractivity contribution in [3.63, 3.8) is 0 Å². The predicted octanol–water partition coefficient (Wildman–Crippen LogP) is 2.98. The number of nitrogens with zero attached hydrogens (tertiary/aromatic N) is 3. The van der Waals surface area contributed by atoms with Crippen LogP contribution in [0.2, 0.25) is 5.02 Å². The summed E-state index contributed by atoms with van der Waals surface area (Å²) >= 11 is 6.07. The highest BCUT2D eigenvalue weighted by Crippen LogP contribution is 2.22. The standard InChI is InChI=1S/C21H23ClN4O2/c22-16-5-4-8-19(13-16)24-9-11-25(12-10-24)21(28)23-17-14-20(27)26(15-17)18-6-2-1-3-7-18/h1-8,13,17H,9-12,14-15H2,(H,23,28)/t17-/m1/s1. The van der Waals surface area contributed by atoms with Gasteiger partial charge >= 0.3 is 6.03 Å². The molecule has 0 saturated carbocycles. The summed E-state index contributed by atoms with van der Waals surface area (Å²) in [5, 5.41) is 3.74. The van der Waals surface area contributed by atoms with Crippen molar-refractivity contribution in [2.24, 2.45) is 0 Å². The third-order valence-electron chi connectivity index (χ3n) is 5.26. The van der Waals surface area contributed by atoms with Crippen molar-refractivity contribution in [3.8, 4) is 0 Å². The Balaban J connectivity index is 1.30. The van der Waals surface area contributed by atoms with Gasteiger partial charge in [0, 0.05) is 55.5 Å². The molecule has 7 heteroatoms. The molecule has 0 aliphatic carbocycles. The van der Waals surface area contributed by atoms with Gasteiger partial charge < -0.3 is 20.0 Å². The fourth-order valence-electron chi connectivity index (χ4n) is 3.77. The molecule has 0 spiro atoms. The van der Waals surface area contributed by atoms with Crippen LogP contribution in [0.4, 0.5) is 16.2 Å². The Labute approximate surface area is 169 Å². The van der Waals surface area contributed by atoms with Gasteiger partial charge in [0.25, 0.3) is 0 Å². The lowest BCUT2D eigenvalue weighted by atomic mass is 10.2. The average Bonchev–Trinajstić information content (AvgIpc) is 3.09. The van der Waals surface area contributed by atoms with E-state index >= 15 is 0 Å². The summed E-state index contributed by atoms with van der Waals surface area (Å²) < 4.78 is 0. The van der Waals surface area contributed by atoms with Crippen LogP contribution < -0.4 is 15.1 Å². The van der Waals surface area contributed by atoms with Gasteiger partial charge in [-0.15, -0.1) is 0 Å². The second-order valence-corrected chi connectivity index (χ2v) is 7.58. The van der Waals surface area contributed by atoms with Crippen molar-refractivity contribution >= 4 is 34.9 Å². The number of nitrogens with one attached hydrogen (secondary N) is 1. The van der Waals surface area contributed by atoms with E-state index in [0.29, 0.717) is 31.1 Å². The molecule has 2 fully saturated rings. The molecule has 28 heavy (non-hydrogen) atoms. The fraction of sp³-hybridized carbons (Fsp3) is 0.333. The first-order chi connectivity index (χ1) is 13.6. The number of rotatable bonds is 3. The number of halogens is 1. The van der Waals surface area contributed by atoms with Crippen LogP contribution in [0.25, 0.3) is 0 Å². The van der Waals surface area contributed by atoms with Gasteiger partial charge in [-0.25, -0.2) is 4.79 Å². The number of hydrogen-bond acceptors (Lipinski definition) is 3. The summed E-state index contributed by atoms with van der Waals surface area (Å²) in [6.45, 7) is 3.31. The molecular formula is C21H23ClN4O2. The van der Waals surface area contributed by atoms with Crippen LogP contribution in [0.5, 0.6) is 0 Å². The van der Waals surface area contributed by atoms with Crippen molar-refractivity contribution < 1.29 is 9.59 Å². The van der Waals surface area contributed by atoms with E-state index in [1.54, 1.807) is 4.90 Å². The molecule has 6 nitrogen and oxygen atoms in total. The van der Waals surface area contributed by atoms with Gasteiger partial charge in [0.1, 0.15) is 0 Å². The van der Waals surface area contributed by atoms with E-state index in [0.717, 1.165) is 24.5 Å². The van der Waals surface area contributed by atoms with Gasteiger partial charge in [-0.2, -0.15) is 0 Å². The van der Waals surface area contributed by atoms with Gasteiger partial charge in [-0.05, 0) is 30.3 Å². The predicted molar refractivity (Wildman–Crippen MR) is 111 cm³/mol. The SMILES string of the molecule is O=C(N[C@@H]1CC(=O)N(c2ccccc2)C1)N1CCN(c2cccc(Cl)c2)CC1. The third-order valence-corrected chi connectivity index (χ3v) is 5.50. The maximum atomic E-state index is 12.6. The van der Waals surface area contributed by atoms with Gasteiger partial charge in [0.15, 0.2) is 0 Å². The highest BCUT2D eigenvalue weighted by atomic mass is 35.5. The molecule has 2 saturated heterocycles. The Kier molecular flexibility index (Phi) is 5.39. The van der Waals surface area contributed by atoms with Gasteiger partial charge in [-0.3, -0.25) is 4.79 Å². The Hall–Kier alpha value is -2.73. The minimum atomic E-state index is -0.161. The van der Waals surface area contributed by atoms with Gasteiger partial charge in [-0.1, -0.05) is 35.9 Å². The second kappa shape index (κ2) is 8.10. The van der Waals surface area contributed by atoms with E-state index < -0.39 is 0 Å². The number of para-hydroxylation sites is 1. The number of urea groups is 1. The minimum absolute atomic E-state index is 0.0438. The minimum Gasteiger partial charge on any atom is -0.368 e. The summed E-state index contributed by atoms with van der Waals surface area (Å²) in [4.78, 5) is 30.7. The monoisotopic (exact) mass is 398 g/mol. The highest BCUT2D eigenvalue weighted by Gasteiger charge is 2.33. The quantitative estimate of drug-likeness (QED) is 0.864. The average molecular weight is 399 g/mol. The van der Waals surface area contributed by atoms with E-state index in [-0.39, 0.29) is 18.0 Å². The van der Waals surface area contributed by atoms with Crippen molar-refractivity contribution in [1.82, 2.24) is 10.2 Å². The molecule has 2 aliphatic heterocycles. The molecule has 3 amide bonds. The number of benzene rings is 2. The van der Waals surface area contributed by atoms with E-state index in [4.69, 9.17) is 11.6 Å². The Morgan fingerprint density at radius 3 is 2.39 bits per heavy atom. The van der Waals surface area contributed by atoms with Crippen LogP contribution in [0.15, 0.2) is 54.6 Å². The largest absolute Gasteiger partial charge is 0.368 e. The topological polar surface area (TPSA) is 55.9 Å². The van der Waals surface area contributed by atoms with Crippen LogP contribution in [0.3, 0.4) is 0 Å². The normalized spacial score (nSPS) is 19.8. The molecule has 2 aliphatic rings. The molecule has 0 radical (unpaired) electrons. The van der Waals surface area contributed by atoms with Crippen molar-refractivity contribution in [3.05, 3.63) is 59.6 Å². The first kappa shape index (κ1) is 18.6. The van der Waals surface area contributed by atoms with E-state index in [1.165, 1.54) is 0 Å². The smallest absolute Gasteiger partial charge is 0.317 e. The zero-order valence-electron chi connectivity index (χ0n) is 15.6. The number of piperazine rings is 1. The lowest BCUT2D eigenvalue weighted by Crippen LogP contribution is -2.53. The molecule has 0 bridgehead atoms. The summed E-state index contributed by atoms with van der Waals surface area (Å²) in [6.07, 6.45) is 0.336. The van der Waals surface area contributed by atoms with Gasteiger partial charge in [0.05, 0.1) is 6.04 Å². The van der Waals surface area contributed by atoms with E-state index in [2.05, 4.69) is 10.2 Å². The number of carbonyl (C=O) groups excluding carboxylic acids is 2. The Bertz CT molecular complexity index is 852. The lowest BCUT2D eigenvalue weighted by molar-refractivity contribution is -0.117. The number of anilines is 2. The van der Waals surface area contributed by atoms with Crippen LogP contribution in [0, 0.1) is 0 Å². The zero-order valence-corrected chi connectivity index (χ0v) is 16.3. The second-order valence-electron chi connectivity index (χ2n) is 7.14. The maximum Gasteiger partial charge on any atom is 0.317 e. The first-order valence-corrected chi connectivity index (χ1v) is 9.89.